The zero-order chi connectivity index (χ0) is 13.1. The van der Waals surface area contributed by atoms with Gasteiger partial charge in [-0.25, -0.2) is 0 Å². The number of aryl methyl sites for hydroxylation is 1. The molecule has 5 nitrogen and oxygen atoms in total. The molecule has 0 aromatic carbocycles. The van der Waals surface area contributed by atoms with E-state index in [1.54, 1.807) is 7.11 Å². The molecule has 2 heterocycles. The minimum atomic E-state index is 0.476. The minimum absolute atomic E-state index is 0.476. The minimum Gasteiger partial charge on any atom is -0.383 e. The maximum Gasteiger partial charge on any atom is 0.147 e. The van der Waals surface area contributed by atoms with Crippen molar-refractivity contribution >= 4 is 0 Å². The van der Waals surface area contributed by atoms with Crippen molar-refractivity contribution in [3.8, 4) is 0 Å². The highest BCUT2D eigenvalue weighted by molar-refractivity contribution is 4.98. The molecule has 5 heteroatoms. The van der Waals surface area contributed by atoms with Crippen LogP contribution in [0.3, 0.4) is 0 Å². The third kappa shape index (κ3) is 3.15. The fourth-order valence-corrected chi connectivity index (χ4v) is 2.94. The van der Waals surface area contributed by atoms with Gasteiger partial charge in [0, 0.05) is 26.1 Å². The van der Waals surface area contributed by atoms with Crippen molar-refractivity contribution in [2.45, 2.75) is 57.7 Å². The molecule has 1 aromatic heterocycles. The summed E-state index contributed by atoms with van der Waals surface area (Å²) >= 11 is 0. The lowest BCUT2D eigenvalue weighted by molar-refractivity contribution is 0.156. The van der Waals surface area contributed by atoms with Gasteiger partial charge in [0.15, 0.2) is 0 Å². The fourth-order valence-electron chi connectivity index (χ4n) is 2.94. The highest BCUT2D eigenvalue weighted by Gasteiger charge is 2.31. The summed E-state index contributed by atoms with van der Waals surface area (Å²) in [6.07, 6.45) is 7.56. The number of fused-ring (bicyclic) bond motifs is 1. The zero-order valence-corrected chi connectivity index (χ0v) is 11.8. The Hall–Kier alpha value is -0.940. The van der Waals surface area contributed by atoms with E-state index in [1.165, 1.54) is 37.9 Å². The first kappa shape index (κ1) is 13.1. The molecular weight excluding hydrogens is 240 g/mol. The molecule has 1 saturated carbocycles. The van der Waals surface area contributed by atoms with E-state index in [9.17, 15) is 0 Å². The Labute approximate surface area is 114 Å². The average molecular weight is 264 g/mol. The van der Waals surface area contributed by atoms with Gasteiger partial charge in [-0.3, -0.25) is 0 Å². The van der Waals surface area contributed by atoms with Crippen LogP contribution in [-0.2, 0) is 24.2 Å². The van der Waals surface area contributed by atoms with Gasteiger partial charge in [0.05, 0.1) is 13.2 Å². The van der Waals surface area contributed by atoms with Crippen LogP contribution >= 0.6 is 0 Å². The fraction of sp³-hybridized carbons (Fsp3) is 0.857. The van der Waals surface area contributed by atoms with Gasteiger partial charge in [0.1, 0.15) is 11.6 Å². The van der Waals surface area contributed by atoms with Gasteiger partial charge in [-0.05, 0) is 31.6 Å². The second kappa shape index (κ2) is 6.01. The first-order chi connectivity index (χ1) is 9.38. The van der Waals surface area contributed by atoms with Crippen molar-refractivity contribution in [1.29, 1.82) is 0 Å². The Bertz CT molecular complexity index is 414. The molecule has 1 aliphatic carbocycles. The predicted octanol–water partition coefficient (Wildman–Crippen LogP) is 1.52. The van der Waals surface area contributed by atoms with Crippen LogP contribution in [0.2, 0.25) is 0 Å². The van der Waals surface area contributed by atoms with Crippen LogP contribution < -0.4 is 5.32 Å². The molecule has 3 rings (SSSR count). The van der Waals surface area contributed by atoms with Gasteiger partial charge < -0.3 is 14.6 Å². The van der Waals surface area contributed by atoms with E-state index < -0.39 is 0 Å². The molecule has 1 aromatic rings. The van der Waals surface area contributed by atoms with Crippen LogP contribution in [0, 0.1) is 5.92 Å². The average Bonchev–Trinajstić information content (AvgIpc) is 3.21. The lowest BCUT2D eigenvalue weighted by atomic mass is 10.2. The van der Waals surface area contributed by atoms with E-state index in [-0.39, 0.29) is 0 Å². The molecule has 1 aliphatic heterocycles. The van der Waals surface area contributed by atoms with E-state index in [0.717, 1.165) is 37.9 Å². The monoisotopic (exact) mass is 264 g/mol. The summed E-state index contributed by atoms with van der Waals surface area (Å²) < 4.78 is 7.62. The molecule has 19 heavy (non-hydrogen) atoms. The number of nitrogens with one attached hydrogen (secondary N) is 1. The van der Waals surface area contributed by atoms with E-state index in [2.05, 4.69) is 20.1 Å². The number of rotatable bonds is 6. The van der Waals surface area contributed by atoms with Crippen LogP contribution in [0.1, 0.15) is 43.8 Å². The second-order valence-corrected chi connectivity index (χ2v) is 5.77. The Morgan fingerprint density at radius 3 is 3.00 bits per heavy atom. The smallest absolute Gasteiger partial charge is 0.147 e. The molecule has 1 atom stereocenters. The van der Waals surface area contributed by atoms with Gasteiger partial charge in [0.25, 0.3) is 0 Å². The van der Waals surface area contributed by atoms with Gasteiger partial charge in [-0.2, -0.15) is 0 Å². The number of hydrogen-bond acceptors (Lipinski definition) is 4. The molecule has 0 spiro atoms. The number of nitrogens with zero attached hydrogens (tertiary/aromatic N) is 3. The SMILES string of the molecule is COC[C@H](NCc1nnc2n1CCCCC2)C1CC1. The van der Waals surface area contributed by atoms with Crippen molar-refractivity contribution in [1.82, 2.24) is 20.1 Å². The Morgan fingerprint density at radius 2 is 2.21 bits per heavy atom. The van der Waals surface area contributed by atoms with Crippen LogP contribution in [0.25, 0.3) is 0 Å². The first-order valence-corrected chi connectivity index (χ1v) is 7.51. The van der Waals surface area contributed by atoms with E-state index in [0.29, 0.717) is 6.04 Å². The summed E-state index contributed by atoms with van der Waals surface area (Å²) in [7, 11) is 1.78. The van der Waals surface area contributed by atoms with Crippen molar-refractivity contribution in [2.24, 2.45) is 5.92 Å². The van der Waals surface area contributed by atoms with Crippen molar-refractivity contribution < 1.29 is 4.74 Å². The van der Waals surface area contributed by atoms with Gasteiger partial charge in [0.2, 0.25) is 0 Å². The van der Waals surface area contributed by atoms with Crippen LogP contribution in [0.15, 0.2) is 0 Å². The summed E-state index contributed by atoms with van der Waals surface area (Å²) in [6.45, 7) is 2.70. The van der Waals surface area contributed by atoms with Crippen molar-refractivity contribution in [3.05, 3.63) is 11.6 Å². The largest absolute Gasteiger partial charge is 0.383 e. The Balaban J connectivity index is 1.61. The second-order valence-electron chi connectivity index (χ2n) is 5.77. The maximum atomic E-state index is 5.30. The number of ether oxygens (including phenoxy) is 1. The normalized spacial score (nSPS) is 20.9. The molecule has 2 aliphatic rings. The van der Waals surface area contributed by atoms with E-state index in [4.69, 9.17) is 4.74 Å². The summed E-state index contributed by atoms with van der Waals surface area (Å²) in [6, 6.07) is 0.476. The van der Waals surface area contributed by atoms with E-state index >= 15 is 0 Å². The Kier molecular flexibility index (Phi) is 4.13. The zero-order valence-electron chi connectivity index (χ0n) is 11.8. The molecule has 1 fully saturated rings. The van der Waals surface area contributed by atoms with Crippen LogP contribution in [0.5, 0.6) is 0 Å². The highest BCUT2D eigenvalue weighted by Crippen LogP contribution is 2.32. The quantitative estimate of drug-likeness (QED) is 0.846. The lowest BCUT2D eigenvalue weighted by Crippen LogP contribution is -2.35. The Morgan fingerprint density at radius 1 is 1.32 bits per heavy atom. The summed E-state index contributed by atoms with van der Waals surface area (Å²) in [5.41, 5.74) is 0. The van der Waals surface area contributed by atoms with Gasteiger partial charge in [-0.1, -0.05) is 6.42 Å². The van der Waals surface area contributed by atoms with Crippen molar-refractivity contribution in [2.75, 3.05) is 13.7 Å². The third-order valence-corrected chi connectivity index (χ3v) is 4.25. The first-order valence-electron chi connectivity index (χ1n) is 7.51. The van der Waals surface area contributed by atoms with Crippen molar-refractivity contribution in [3.63, 3.8) is 0 Å². The molecule has 0 amide bonds. The third-order valence-electron chi connectivity index (χ3n) is 4.25. The summed E-state index contributed by atoms with van der Waals surface area (Å²) in [4.78, 5) is 0. The van der Waals surface area contributed by atoms with E-state index in [1.807, 2.05) is 0 Å². The lowest BCUT2D eigenvalue weighted by Gasteiger charge is -2.17. The molecule has 0 bridgehead atoms. The molecular formula is C14H24N4O. The summed E-state index contributed by atoms with van der Waals surface area (Å²) in [5.74, 6) is 3.06. The van der Waals surface area contributed by atoms with Gasteiger partial charge in [-0.15, -0.1) is 10.2 Å². The molecule has 1 N–H and O–H groups in total. The summed E-state index contributed by atoms with van der Waals surface area (Å²) in [5, 5.41) is 12.3. The number of aromatic nitrogens is 3. The molecule has 0 saturated heterocycles. The predicted molar refractivity (Wildman–Crippen MR) is 72.8 cm³/mol. The van der Waals surface area contributed by atoms with Crippen LogP contribution in [-0.4, -0.2) is 34.5 Å². The number of hydrogen-bond donors (Lipinski definition) is 1. The standard InChI is InChI=1S/C14H24N4O/c1-19-10-12(11-6-7-11)15-9-14-17-16-13-5-3-2-4-8-18(13)14/h11-12,15H,2-10H2,1H3/t12-/m0/s1. The highest BCUT2D eigenvalue weighted by atomic mass is 16.5. The molecule has 106 valence electrons. The topological polar surface area (TPSA) is 52.0 Å². The number of methoxy groups -OCH3 is 1. The molecule has 0 radical (unpaired) electrons. The van der Waals surface area contributed by atoms with Gasteiger partial charge >= 0.3 is 0 Å². The van der Waals surface area contributed by atoms with Crippen LogP contribution in [0.4, 0.5) is 0 Å². The molecule has 0 unspecified atom stereocenters. The maximum absolute atomic E-state index is 5.30.